The second-order valence-corrected chi connectivity index (χ2v) is 6.72. The van der Waals surface area contributed by atoms with Crippen molar-refractivity contribution in [3.05, 3.63) is 28.5 Å². The number of piperidine rings is 1. The molecule has 1 saturated heterocycles. The van der Waals surface area contributed by atoms with Crippen molar-refractivity contribution in [2.24, 2.45) is 0 Å². The van der Waals surface area contributed by atoms with Gasteiger partial charge in [0.05, 0.1) is 5.69 Å². The predicted octanol–water partition coefficient (Wildman–Crippen LogP) is 2.84. The zero-order valence-electron chi connectivity index (χ0n) is 13.2. The maximum atomic E-state index is 12.8. The third-order valence-corrected chi connectivity index (χ3v) is 5.22. The highest BCUT2D eigenvalue weighted by Crippen LogP contribution is 2.30. The number of hydrogen-bond acceptors (Lipinski definition) is 5. The van der Waals surface area contributed by atoms with E-state index < -0.39 is 0 Å². The Kier molecular flexibility index (Phi) is 4.31. The lowest BCUT2D eigenvalue weighted by atomic mass is 10.1. The van der Waals surface area contributed by atoms with Crippen LogP contribution < -0.4 is 5.32 Å². The first-order chi connectivity index (χ1) is 10.6. The Labute approximate surface area is 134 Å². The number of carbonyl (C=O) groups excluding carboxylic acids is 1. The normalized spacial score (nSPS) is 18.7. The fourth-order valence-corrected chi connectivity index (χ4v) is 3.79. The van der Waals surface area contributed by atoms with E-state index in [0.29, 0.717) is 6.04 Å². The zero-order valence-corrected chi connectivity index (χ0v) is 14.0. The molecular weight excluding hydrogens is 298 g/mol. The summed E-state index contributed by atoms with van der Waals surface area (Å²) in [5.74, 6) is 1.67. The number of rotatable bonds is 3. The van der Waals surface area contributed by atoms with Crippen molar-refractivity contribution < 1.29 is 9.21 Å². The van der Waals surface area contributed by atoms with Crippen LogP contribution in [0.4, 0.5) is 0 Å². The quantitative estimate of drug-likeness (QED) is 0.945. The average molecular weight is 319 g/mol. The van der Waals surface area contributed by atoms with Gasteiger partial charge < -0.3 is 14.6 Å². The first kappa shape index (κ1) is 15.2. The van der Waals surface area contributed by atoms with Crippen molar-refractivity contribution in [2.45, 2.75) is 32.7 Å². The Morgan fingerprint density at radius 3 is 2.95 bits per heavy atom. The van der Waals surface area contributed by atoms with Crippen LogP contribution in [0, 0.1) is 13.8 Å². The zero-order chi connectivity index (χ0) is 15.7. The SMILES string of the molecule is CNC1CCCN(C(=O)c2sc(-c3ccc(C)o3)nc2C)C1. The highest BCUT2D eigenvalue weighted by atomic mass is 32.1. The van der Waals surface area contributed by atoms with Crippen LogP contribution in [0.3, 0.4) is 0 Å². The number of aromatic nitrogens is 1. The van der Waals surface area contributed by atoms with Gasteiger partial charge in [0.2, 0.25) is 0 Å². The van der Waals surface area contributed by atoms with Gasteiger partial charge in [0.25, 0.3) is 5.91 Å². The molecule has 1 atom stereocenters. The molecule has 1 fully saturated rings. The molecule has 0 radical (unpaired) electrons. The Balaban J connectivity index is 1.82. The smallest absolute Gasteiger partial charge is 0.265 e. The van der Waals surface area contributed by atoms with Crippen LogP contribution in [0.15, 0.2) is 16.5 Å². The molecule has 118 valence electrons. The molecule has 22 heavy (non-hydrogen) atoms. The van der Waals surface area contributed by atoms with Crippen molar-refractivity contribution in [2.75, 3.05) is 20.1 Å². The number of aryl methyl sites for hydroxylation is 2. The lowest BCUT2D eigenvalue weighted by Crippen LogP contribution is -2.46. The fourth-order valence-electron chi connectivity index (χ4n) is 2.79. The summed E-state index contributed by atoms with van der Waals surface area (Å²) in [6.07, 6.45) is 2.16. The monoisotopic (exact) mass is 319 g/mol. The molecular formula is C16H21N3O2S. The third-order valence-electron chi connectivity index (χ3n) is 4.06. The van der Waals surface area contributed by atoms with Gasteiger partial charge in [0.15, 0.2) is 10.8 Å². The van der Waals surface area contributed by atoms with E-state index in [9.17, 15) is 4.79 Å². The molecule has 1 aliphatic rings. The number of likely N-dealkylation sites (tertiary alicyclic amines) is 1. The molecule has 1 unspecified atom stereocenters. The number of furan rings is 1. The van der Waals surface area contributed by atoms with Gasteiger partial charge in [-0.2, -0.15) is 0 Å². The van der Waals surface area contributed by atoms with Crippen LogP contribution in [0.25, 0.3) is 10.8 Å². The summed E-state index contributed by atoms with van der Waals surface area (Å²) in [5, 5.41) is 4.04. The van der Waals surface area contributed by atoms with E-state index in [2.05, 4.69) is 10.3 Å². The molecule has 2 aromatic heterocycles. The van der Waals surface area contributed by atoms with Gasteiger partial charge in [-0.3, -0.25) is 4.79 Å². The van der Waals surface area contributed by atoms with Gasteiger partial charge in [0.1, 0.15) is 10.6 Å². The largest absolute Gasteiger partial charge is 0.459 e. The number of thiazole rings is 1. The van der Waals surface area contributed by atoms with E-state index in [0.717, 1.165) is 53.0 Å². The van der Waals surface area contributed by atoms with Gasteiger partial charge in [-0.05, 0) is 45.9 Å². The number of amides is 1. The molecule has 1 N–H and O–H groups in total. The molecule has 3 rings (SSSR count). The van der Waals surface area contributed by atoms with E-state index >= 15 is 0 Å². The molecule has 2 aromatic rings. The topological polar surface area (TPSA) is 58.4 Å². The molecule has 6 heteroatoms. The van der Waals surface area contributed by atoms with Gasteiger partial charge in [-0.1, -0.05) is 0 Å². The van der Waals surface area contributed by atoms with E-state index in [1.807, 2.05) is 37.9 Å². The Morgan fingerprint density at radius 2 is 2.27 bits per heavy atom. The standard InChI is InChI=1S/C16H21N3O2S/c1-10-6-7-13(21-10)15-18-11(2)14(22-15)16(20)19-8-4-5-12(9-19)17-3/h6-7,12,17H,4-5,8-9H2,1-3H3. The molecule has 1 amide bonds. The highest BCUT2D eigenvalue weighted by molar-refractivity contribution is 7.17. The maximum Gasteiger partial charge on any atom is 0.265 e. The van der Waals surface area contributed by atoms with Crippen LogP contribution in [-0.4, -0.2) is 42.0 Å². The molecule has 0 saturated carbocycles. The van der Waals surface area contributed by atoms with E-state index in [1.54, 1.807) is 0 Å². The lowest BCUT2D eigenvalue weighted by molar-refractivity contribution is 0.0702. The predicted molar refractivity (Wildman–Crippen MR) is 87.3 cm³/mol. The fraction of sp³-hybridized carbons (Fsp3) is 0.500. The number of hydrogen-bond donors (Lipinski definition) is 1. The first-order valence-electron chi connectivity index (χ1n) is 7.59. The van der Waals surface area contributed by atoms with Crippen molar-refractivity contribution in [3.63, 3.8) is 0 Å². The van der Waals surface area contributed by atoms with Crippen molar-refractivity contribution in [1.82, 2.24) is 15.2 Å². The summed E-state index contributed by atoms with van der Waals surface area (Å²) in [6.45, 7) is 5.38. The minimum Gasteiger partial charge on any atom is -0.459 e. The Bertz CT molecular complexity index is 677. The highest BCUT2D eigenvalue weighted by Gasteiger charge is 2.27. The van der Waals surface area contributed by atoms with Crippen LogP contribution >= 0.6 is 11.3 Å². The summed E-state index contributed by atoms with van der Waals surface area (Å²) in [4.78, 5) is 19.9. The maximum absolute atomic E-state index is 12.8. The third kappa shape index (κ3) is 2.94. The lowest BCUT2D eigenvalue weighted by Gasteiger charge is -2.32. The van der Waals surface area contributed by atoms with Crippen molar-refractivity contribution in [3.8, 4) is 10.8 Å². The van der Waals surface area contributed by atoms with Crippen LogP contribution in [0.2, 0.25) is 0 Å². The van der Waals surface area contributed by atoms with E-state index in [4.69, 9.17) is 4.42 Å². The minimum absolute atomic E-state index is 0.0875. The number of likely N-dealkylation sites (N-methyl/N-ethyl adjacent to an activating group) is 1. The number of carbonyl (C=O) groups is 1. The molecule has 0 bridgehead atoms. The van der Waals surface area contributed by atoms with Crippen LogP contribution in [-0.2, 0) is 0 Å². The Morgan fingerprint density at radius 1 is 1.45 bits per heavy atom. The summed E-state index contributed by atoms with van der Waals surface area (Å²) in [6, 6.07) is 4.20. The molecule has 0 spiro atoms. The van der Waals surface area contributed by atoms with Gasteiger partial charge in [0, 0.05) is 19.1 Å². The molecule has 5 nitrogen and oxygen atoms in total. The summed E-state index contributed by atoms with van der Waals surface area (Å²) in [5.41, 5.74) is 0.783. The first-order valence-corrected chi connectivity index (χ1v) is 8.41. The second-order valence-electron chi connectivity index (χ2n) is 5.72. The molecule has 0 aliphatic carbocycles. The average Bonchev–Trinajstić information content (AvgIpc) is 3.12. The molecule has 1 aliphatic heterocycles. The minimum atomic E-state index is 0.0875. The van der Waals surface area contributed by atoms with Gasteiger partial charge in [-0.25, -0.2) is 4.98 Å². The number of nitrogens with one attached hydrogen (secondary N) is 1. The number of nitrogens with zero attached hydrogens (tertiary/aromatic N) is 2. The summed E-state index contributed by atoms with van der Waals surface area (Å²) < 4.78 is 5.61. The van der Waals surface area contributed by atoms with Crippen molar-refractivity contribution >= 4 is 17.2 Å². The van der Waals surface area contributed by atoms with Crippen molar-refractivity contribution in [1.29, 1.82) is 0 Å². The van der Waals surface area contributed by atoms with E-state index in [-0.39, 0.29) is 5.91 Å². The van der Waals surface area contributed by atoms with Gasteiger partial charge in [-0.15, -0.1) is 11.3 Å². The van der Waals surface area contributed by atoms with Crippen LogP contribution in [0.5, 0.6) is 0 Å². The summed E-state index contributed by atoms with van der Waals surface area (Å²) >= 11 is 1.42. The second kappa shape index (κ2) is 6.22. The van der Waals surface area contributed by atoms with Crippen LogP contribution in [0.1, 0.15) is 34.0 Å². The molecule has 0 aromatic carbocycles. The Hall–Kier alpha value is -1.66. The summed E-state index contributed by atoms with van der Waals surface area (Å²) in [7, 11) is 1.95. The van der Waals surface area contributed by atoms with Gasteiger partial charge >= 0.3 is 0 Å². The van der Waals surface area contributed by atoms with E-state index in [1.165, 1.54) is 11.3 Å². The molecule has 3 heterocycles.